The van der Waals surface area contributed by atoms with E-state index in [-0.39, 0.29) is 24.0 Å². The zero-order valence-electron chi connectivity index (χ0n) is 12.8. The van der Waals surface area contributed by atoms with Gasteiger partial charge in [0.05, 0.1) is 6.61 Å². The third-order valence-electron chi connectivity index (χ3n) is 3.52. The van der Waals surface area contributed by atoms with Crippen LogP contribution in [0.15, 0.2) is 24.3 Å². The van der Waals surface area contributed by atoms with Crippen LogP contribution in [0, 0.1) is 5.41 Å². The number of hydrogen-bond donors (Lipinski definition) is 2. The molecule has 114 valence electrons. The molecule has 0 saturated carbocycles. The van der Waals surface area contributed by atoms with E-state index in [0.29, 0.717) is 19.6 Å². The van der Waals surface area contributed by atoms with Gasteiger partial charge >= 0.3 is 0 Å². The van der Waals surface area contributed by atoms with Crippen molar-refractivity contribution in [2.45, 2.75) is 45.8 Å². The number of benzene rings is 1. The number of nitrogens with one attached hydrogen (secondary N) is 2. The van der Waals surface area contributed by atoms with Gasteiger partial charge in [-0.25, -0.2) is 0 Å². The summed E-state index contributed by atoms with van der Waals surface area (Å²) in [7, 11) is 0. The Hall–Kier alpha value is -2.04. The minimum atomic E-state index is -0.388. The molecule has 0 bridgehead atoms. The largest absolute Gasteiger partial charge is 0.466 e. The molecule has 0 radical (unpaired) electrons. The molecule has 1 aliphatic rings. The second-order valence-corrected chi connectivity index (χ2v) is 5.52. The van der Waals surface area contributed by atoms with Gasteiger partial charge in [-0.05, 0) is 31.9 Å². The van der Waals surface area contributed by atoms with Gasteiger partial charge in [0, 0.05) is 19.0 Å². The summed E-state index contributed by atoms with van der Waals surface area (Å²) in [6.45, 7) is 6.68. The molecule has 1 aliphatic heterocycles. The highest BCUT2D eigenvalue weighted by Crippen LogP contribution is 2.24. The average Bonchev–Trinajstić information content (AvgIpc) is 2.45. The van der Waals surface area contributed by atoms with Gasteiger partial charge in [0.25, 0.3) is 6.02 Å². The van der Waals surface area contributed by atoms with E-state index in [1.165, 1.54) is 5.56 Å². The van der Waals surface area contributed by atoms with Gasteiger partial charge in [0.2, 0.25) is 5.91 Å². The van der Waals surface area contributed by atoms with Crippen molar-refractivity contribution in [3.05, 3.63) is 35.4 Å². The first kappa shape index (κ1) is 15.4. The maximum absolute atomic E-state index is 12.4. The first-order valence-electron chi connectivity index (χ1n) is 7.38. The molecule has 0 aromatic heterocycles. The minimum Gasteiger partial charge on any atom is -0.466 e. The molecule has 1 unspecified atom stereocenters. The van der Waals surface area contributed by atoms with Crippen LogP contribution in [-0.2, 0) is 22.5 Å². The highest BCUT2D eigenvalue weighted by atomic mass is 16.5. The lowest BCUT2D eigenvalue weighted by atomic mass is 9.93. The quantitative estimate of drug-likeness (QED) is 0.660. The molecular weight excluding hydrogens is 266 g/mol. The van der Waals surface area contributed by atoms with Crippen LogP contribution in [-0.4, -0.2) is 35.5 Å². The number of ether oxygens (including phenoxy) is 1. The molecule has 0 aliphatic carbocycles. The van der Waals surface area contributed by atoms with Crippen LogP contribution in [0.25, 0.3) is 0 Å². The Labute approximate surface area is 125 Å². The molecule has 0 fully saturated rings. The second-order valence-electron chi connectivity index (χ2n) is 5.52. The fraction of sp³-hybridized carbons (Fsp3) is 0.500. The third-order valence-corrected chi connectivity index (χ3v) is 3.52. The summed E-state index contributed by atoms with van der Waals surface area (Å²) in [5.74, 6) is -0.0519. The number of amidine groups is 1. The summed E-state index contributed by atoms with van der Waals surface area (Å²) in [6, 6.07) is 7.82. The fourth-order valence-corrected chi connectivity index (χ4v) is 2.57. The lowest BCUT2D eigenvalue weighted by Gasteiger charge is -2.37. The van der Waals surface area contributed by atoms with Crippen molar-refractivity contribution in [3.8, 4) is 0 Å². The van der Waals surface area contributed by atoms with Crippen LogP contribution in [0.2, 0.25) is 0 Å². The monoisotopic (exact) mass is 289 g/mol. The van der Waals surface area contributed by atoms with E-state index >= 15 is 0 Å². The van der Waals surface area contributed by atoms with Crippen molar-refractivity contribution in [1.82, 2.24) is 10.2 Å². The first-order chi connectivity index (χ1) is 10.0. The summed E-state index contributed by atoms with van der Waals surface area (Å²) < 4.78 is 5.31. The molecule has 1 aromatic rings. The Balaban J connectivity index is 2.26. The predicted octanol–water partition coefficient (Wildman–Crippen LogP) is 1.91. The van der Waals surface area contributed by atoms with E-state index in [9.17, 15) is 4.79 Å². The molecule has 1 amide bonds. The summed E-state index contributed by atoms with van der Waals surface area (Å²) in [4.78, 5) is 14.2. The zero-order valence-corrected chi connectivity index (χ0v) is 12.8. The standard InChI is InChI=1S/C16H23N3O2/c1-4-21-16(17)19-10-13-8-6-5-7-12(13)9-14(19)15(20)18-11(2)3/h5-8,11,14,17H,4,9-10H2,1-3H3,(H,18,20). The van der Waals surface area contributed by atoms with E-state index in [1.807, 2.05) is 45.0 Å². The smallest absolute Gasteiger partial charge is 0.285 e. The number of hydrogen-bond acceptors (Lipinski definition) is 3. The Bertz CT molecular complexity index is 528. The second kappa shape index (κ2) is 6.61. The maximum Gasteiger partial charge on any atom is 0.285 e. The van der Waals surface area contributed by atoms with Crippen LogP contribution < -0.4 is 5.32 Å². The summed E-state index contributed by atoms with van der Waals surface area (Å²) in [5, 5.41) is 11.0. The van der Waals surface area contributed by atoms with E-state index in [0.717, 1.165) is 5.56 Å². The van der Waals surface area contributed by atoms with Gasteiger partial charge in [-0.2, -0.15) is 0 Å². The number of amides is 1. The van der Waals surface area contributed by atoms with Crippen LogP contribution in [0.1, 0.15) is 31.9 Å². The van der Waals surface area contributed by atoms with Gasteiger partial charge in [-0.15, -0.1) is 0 Å². The van der Waals surface area contributed by atoms with Gasteiger partial charge in [0.15, 0.2) is 0 Å². The number of nitrogens with zero attached hydrogens (tertiary/aromatic N) is 1. The summed E-state index contributed by atoms with van der Waals surface area (Å²) in [6.07, 6.45) is 0.601. The van der Waals surface area contributed by atoms with Crippen molar-refractivity contribution in [2.75, 3.05) is 6.61 Å². The van der Waals surface area contributed by atoms with Crippen molar-refractivity contribution in [1.29, 1.82) is 5.41 Å². The first-order valence-corrected chi connectivity index (χ1v) is 7.38. The van der Waals surface area contributed by atoms with E-state index in [1.54, 1.807) is 4.90 Å². The number of fused-ring (bicyclic) bond motifs is 1. The summed E-state index contributed by atoms with van der Waals surface area (Å²) in [5.41, 5.74) is 2.32. The van der Waals surface area contributed by atoms with E-state index < -0.39 is 0 Å². The van der Waals surface area contributed by atoms with Crippen LogP contribution in [0.4, 0.5) is 0 Å². The SMILES string of the molecule is CCOC(=N)N1Cc2ccccc2CC1C(=O)NC(C)C. The van der Waals surface area contributed by atoms with Gasteiger partial charge in [-0.1, -0.05) is 24.3 Å². The highest BCUT2D eigenvalue weighted by Gasteiger charge is 2.33. The van der Waals surface area contributed by atoms with Crippen molar-refractivity contribution in [3.63, 3.8) is 0 Å². The lowest BCUT2D eigenvalue weighted by Crippen LogP contribution is -2.54. The predicted molar refractivity (Wildman–Crippen MR) is 82.1 cm³/mol. The molecule has 0 saturated heterocycles. The van der Waals surface area contributed by atoms with Gasteiger partial charge in [0.1, 0.15) is 6.04 Å². The zero-order chi connectivity index (χ0) is 15.4. The van der Waals surface area contributed by atoms with Crippen molar-refractivity contribution >= 4 is 11.9 Å². The summed E-state index contributed by atoms with van der Waals surface area (Å²) >= 11 is 0. The normalized spacial score (nSPS) is 17.3. The number of carbonyl (C=O) groups is 1. The number of carbonyl (C=O) groups excluding carboxylic acids is 1. The van der Waals surface area contributed by atoms with Crippen molar-refractivity contribution in [2.24, 2.45) is 0 Å². The third kappa shape index (κ3) is 3.54. The Morgan fingerprint density at radius 2 is 2.10 bits per heavy atom. The topological polar surface area (TPSA) is 65.4 Å². The molecule has 2 N–H and O–H groups in total. The number of rotatable bonds is 3. The molecule has 21 heavy (non-hydrogen) atoms. The van der Waals surface area contributed by atoms with Gasteiger partial charge < -0.3 is 15.0 Å². The molecule has 1 aromatic carbocycles. The maximum atomic E-state index is 12.4. The molecule has 1 atom stereocenters. The van der Waals surface area contributed by atoms with E-state index in [2.05, 4.69) is 5.32 Å². The fourth-order valence-electron chi connectivity index (χ4n) is 2.57. The lowest BCUT2D eigenvalue weighted by molar-refractivity contribution is -0.126. The molecule has 1 heterocycles. The molecule has 2 rings (SSSR count). The minimum absolute atomic E-state index is 0.0519. The van der Waals surface area contributed by atoms with Crippen LogP contribution in [0.3, 0.4) is 0 Å². The van der Waals surface area contributed by atoms with Crippen LogP contribution >= 0.6 is 0 Å². The van der Waals surface area contributed by atoms with Crippen molar-refractivity contribution < 1.29 is 9.53 Å². The van der Waals surface area contributed by atoms with Gasteiger partial charge in [-0.3, -0.25) is 10.2 Å². The Morgan fingerprint density at radius 1 is 1.43 bits per heavy atom. The Kier molecular flexibility index (Phi) is 4.83. The molecular formula is C16H23N3O2. The Morgan fingerprint density at radius 3 is 2.71 bits per heavy atom. The highest BCUT2D eigenvalue weighted by molar-refractivity contribution is 5.87. The molecule has 5 heteroatoms. The van der Waals surface area contributed by atoms with E-state index in [4.69, 9.17) is 10.1 Å². The molecule has 5 nitrogen and oxygen atoms in total. The van der Waals surface area contributed by atoms with Crippen LogP contribution in [0.5, 0.6) is 0 Å². The average molecular weight is 289 g/mol. The molecule has 0 spiro atoms.